The number of methoxy groups -OCH3 is 2. The Morgan fingerprint density at radius 2 is 0.865 bits per heavy atom. The molecule has 21 nitrogen and oxygen atoms in total. The van der Waals surface area contributed by atoms with Crippen LogP contribution in [0, 0.1) is 27.9 Å². The minimum atomic E-state index is -0.940. The predicted octanol–water partition coefficient (Wildman–Crippen LogP) is 16.6. The van der Waals surface area contributed by atoms with Crippen molar-refractivity contribution in [2.75, 3.05) is 54.6 Å². The van der Waals surface area contributed by atoms with Crippen molar-refractivity contribution in [2.24, 2.45) is 23.5 Å². The topological polar surface area (TPSA) is 259 Å². The van der Waals surface area contributed by atoms with E-state index in [1.165, 1.54) is 85.0 Å². The summed E-state index contributed by atoms with van der Waals surface area (Å²) in [6.07, 6.45) is 18.5. The maximum Gasteiger partial charge on any atom is 0.519 e. The van der Waals surface area contributed by atoms with Gasteiger partial charge < -0.3 is 64.1 Å². The van der Waals surface area contributed by atoms with Crippen molar-refractivity contribution in [3.05, 3.63) is 194 Å². The summed E-state index contributed by atoms with van der Waals surface area (Å²) in [4.78, 5) is 76.9. The zero-order valence-electron chi connectivity index (χ0n) is 61.7. The molecule has 6 aromatic carbocycles. The van der Waals surface area contributed by atoms with Crippen LogP contribution in [0.1, 0.15) is 174 Å². The van der Waals surface area contributed by atoms with Crippen molar-refractivity contribution < 1.29 is 66.8 Å². The minimum Gasteiger partial charge on any atom is -0.445 e. The van der Waals surface area contributed by atoms with E-state index in [0.29, 0.717) is 55.4 Å². The number of rotatable bonds is 19. The van der Waals surface area contributed by atoms with E-state index >= 15 is 0 Å². The zero-order valence-corrected chi connectivity index (χ0v) is 61.7. The summed E-state index contributed by atoms with van der Waals surface area (Å²) in [7, 11) is 6.80. The largest absolute Gasteiger partial charge is 0.519 e. The highest BCUT2D eigenvalue weighted by Gasteiger charge is 2.49. The van der Waals surface area contributed by atoms with Gasteiger partial charge in [-0.05, 0) is 181 Å². The molecule has 6 aliphatic carbocycles. The molecule has 0 unspecified atom stereocenters. The Morgan fingerprint density at radius 1 is 0.490 bits per heavy atom. The van der Waals surface area contributed by atoms with E-state index in [-0.39, 0.29) is 83.2 Å². The molecule has 0 saturated heterocycles. The van der Waals surface area contributed by atoms with Gasteiger partial charge in [0.05, 0.1) is 4.92 Å². The van der Waals surface area contributed by atoms with E-state index in [1.807, 2.05) is 91.0 Å². The lowest BCUT2D eigenvalue weighted by Crippen LogP contribution is -2.57. The molecule has 3 saturated carbocycles. The quantitative estimate of drug-likeness (QED) is 0.0224. The molecule has 21 heteroatoms. The number of hydrogen-bond donors (Lipinski definition) is 3. The van der Waals surface area contributed by atoms with Crippen LogP contribution in [0.4, 0.5) is 29.7 Å². The van der Waals surface area contributed by atoms with E-state index < -0.39 is 17.2 Å². The molecular weight excluding hydrogens is 1320 g/mol. The lowest BCUT2D eigenvalue weighted by atomic mass is 9.59. The predicted molar refractivity (Wildman–Crippen MR) is 397 cm³/mol. The van der Waals surface area contributed by atoms with Gasteiger partial charge in [0.2, 0.25) is 0 Å². The second-order valence-electron chi connectivity index (χ2n) is 29.8. The molecule has 104 heavy (non-hydrogen) atoms. The van der Waals surface area contributed by atoms with Gasteiger partial charge in [0.1, 0.15) is 36.2 Å². The fourth-order valence-electron chi connectivity index (χ4n) is 16.8. The van der Waals surface area contributed by atoms with Crippen LogP contribution in [0.5, 0.6) is 23.0 Å². The van der Waals surface area contributed by atoms with Gasteiger partial charge in [-0.1, -0.05) is 157 Å². The number of ether oxygens (including phenoxy) is 8. The van der Waals surface area contributed by atoms with Gasteiger partial charge >= 0.3 is 30.5 Å². The molecule has 0 heterocycles. The van der Waals surface area contributed by atoms with Crippen molar-refractivity contribution in [2.45, 2.75) is 197 Å². The van der Waals surface area contributed by atoms with Gasteiger partial charge in [0, 0.05) is 101 Å². The SMILES string of the molecule is COCCCN(C)C(=O)Oc1ccc2c(c1)[C@@]1(C)CCCCC[C@@H](C2)[C@@H]1N.COCCCN(C)C(=O)Oc1ccc2c(c1)[C@@]1(C)CCCCC[C@@H](C2)[C@@H]1NC(=O)OCc1ccccc1.C[C@@]12CCCCC[C@@H](Cc3ccc(OC(=O)Oc4ccc([N+](=O)[O-])cc4)cc31)[C@@H]2NC(=O)OCc1ccccc1. The third-order valence-corrected chi connectivity index (χ3v) is 22.5. The fraction of sp³-hybridized carbons (Fsp3) is 0.506. The molecule has 558 valence electrons. The van der Waals surface area contributed by atoms with Crippen LogP contribution in [-0.2, 0) is 67.7 Å². The lowest BCUT2D eigenvalue weighted by Gasteiger charge is -2.49. The number of non-ortho nitro benzene ring substituents is 1. The number of hydrogen-bond acceptors (Lipinski definition) is 16. The molecule has 0 aliphatic heterocycles. The Balaban J connectivity index is 0.000000171. The third kappa shape index (κ3) is 19.9. The number of nitro benzene ring substituents is 1. The number of nitrogens with two attached hydrogens (primary N) is 1. The molecule has 6 aliphatic rings. The molecule has 4 amide bonds. The van der Waals surface area contributed by atoms with Gasteiger partial charge in [0.25, 0.3) is 5.69 Å². The number of benzene rings is 6. The van der Waals surface area contributed by atoms with Crippen molar-refractivity contribution in [3.8, 4) is 23.0 Å². The molecule has 9 atom stereocenters. The highest BCUT2D eigenvalue weighted by molar-refractivity contribution is 5.72. The molecule has 0 aromatic heterocycles. The second kappa shape index (κ2) is 36.6. The fourth-order valence-corrected chi connectivity index (χ4v) is 16.8. The summed E-state index contributed by atoms with van der Waals surface area (Å²) in [6.45, 7) is 9.57. The summed E-state index contributed by atoms with van der Waals surface area (Å²) < 4.78 is 43.4. The Labute approximate surface area is 612 Å². The monoisotopic (exact) mass is 1430 g/mol. The van der Waals surface area contributed by atoms with Crippen molar-refractivity contribution in [1.29, 1.82) is 0 Å². The first-order chi connectivity index (χ1) is 50.2. The van der Waals surface area contributed by atoms with Crippen LogP contribution in [0.2, 0.25) is 0 Å². The van der Waals surface area contributed by atoms with Crippen molar-refractivity contribution in [1.82, 2.24) is 20.4 Å². The number of nitrogens with zero attached hydrogens (tertiary/aromatic N) is 3. The van der Waals surface area contributed by atoms with E-state index in [4.69, 9.17) is 43.6 Å². The van der Waals surface area contributed by atoms with E-state index in [0.717, 1.165) is 112 Å². The summed E-state index contributed by atoms with van der Waals surface area (Å²) in [6, 6.07) is 42.2. The first kappa shape index (κ1) is 77.6. The number of amides is 4. The van der Waals surface area contributed by atoms with Crippen LogP contribution in [0.25, 0.3) is 0 Å². The van der Waals surface area contributed by atoms with E-state index in [2.05, 4.69) is 49.6 Å². The van der Waals surface area contributed by atoms with Crippen molar-refractivity contribution in [3.63, 3.8) is 0 Å². The Bertz CT molecular complexity index is 3860. The molecule has 0 spiro atoms. The van der Waals surface area contributed by atoms with E-state index in [1.54, 1.807) is 44.2 Å². The van der Waals surface area contributed by atoms with Gasteiger partial charge in [0.15, 0.2) is 0 Å². The number of nitro groups is 1. The molecule has 0 radical (unpaired) electrons. The summed E-state index contributed by atoms with van der Waals surface area (Å²) >= 11 is 0. The number of carbonyl (C=O) groups is 5. The van der Waals surface area contributed by atoms with Gasteiger partial charge in [-0.3, -0.25) is 10.1 Å². The second-order valence-corrected chi connectivity index (χ2v) is 29.8. The lowest BCUT2D eigenvalue weighted by molar-refractivity contribution is -0.384. The minimum absolute atomic E-state index is 0.0363. The first-order valence-corrected chi connectivity index (χ1v) is 37.3. The van der Waals surface area contributed by atoms with Crippen LogP contribution in [0.3, 0.4) is 0 Å². The number of alkyl carbamates (subject to hydrolysis) is 2. The summed E-state index contributed by atoms with van der Waals surface area (Å²) in [5.74, 6) is 2.78. The smallest absolute Gasteiger partial charge is 0.445 e. The molecule has 3 fully saturated rings. The molecule has 6 aromatic rings. The Morgan fingerprint density at radius 3 is 1.29 bits per heavy atom. The molecule has 12 rings (SSSR count). The summed E-state index contributed by atoms with van der Waals surface area (Å²) in [5, 5.41) is 17.3. The molecule has 6 bridgehead atoms. The number of nitrogens with one attached hydrogen (secondary N) is 2. The van der Waals surface area contributed by atoms with Gasteiger partial charge in [-0.15, -0.1) is 0 Å². The van der Waals surface area contributed by atoms with Crippen LogP contribution >= 0.6 is 0 Å². The Kier molecular flexibility index (Phi) is 27.3. The molecular formula is C83H106N6O15. The zero-order chi connectivity index (χ0) is 73.8. The summed E-state index contributed by atoms with van der Waals surface area (Å²) in [5.41, 5.74) is 15.1. The number of carbonyl (C=O) groups excluding carboxylic acids is 5. The average Bonchev–Trinajstić information content (AvgIpc) is 0.755. The van der Waals surface area contributed by atoms with Gasteiger partial charge in [-0.25, -0.2) is 24.0 Å². The standard InChI is InChI=1S/C31H32N2O7.C30H40N2O5.C22H34N2O3/c1-31-17-7-3-6-10-23(28(31)32-29(34)38-20-21-8-4-2-5-9-21)18-22-11-14-26(19-27(22)31)40-30(35)39-25-15-12-24(13-16-25)33(36)37;1-30-16-9-5-8-13-24(27(30)31-28(33)36-21-22-11-6-4-7-12-22)19-23-14-15-25(20-26(23)30)37-29(34)32(2)17-10-18-35-3;1-22-11-6-4-5-8-17(20(22)23)14-16-9-10-18(15-19(16)22)27-21(25)24(2)12-7-13-26-3/h2,4-5,8-9,11-16,19,23,28H,3,6-7,10,17-18,20H2,1H3,(H,32,34);4,6-7,11-12,14-15,20,24,27H,5,8-10,13,16-19,21H2,1-3H3,(H,31,33);9-10,15,17,20H,4-8,11-14,23H2,1-3H3/t23-,28-,31+;24-,27-,30+;17-,20-,22+/m000/s1. The van der Waals surface area contributed by atoms with E-state index in [9.17, 15) is 34.1 Å². The molecule has 4 N–H and O–H groups in total. The van der Waals surface area contributed by atoms with Crippen LogP contribution < -0.4 is 35.3 Å². The normalized spacial score (nSPS) is 23.5. The number of fused-ring (bicyclic) bond motifs is 12. The maximum atomic E-state index is 13.0. The highest BCUT2D eigenvalue weighted by Crippen LogP contribution is 2.51. The maximum absolute atomic E-state index is 13.0. The Hall–Kier alpha value is -9.05. The average molecular weight is 1430 g/mol. The van der Waals surface area contributed by atoms with Crippen molar-refractivity contribution >= 4 is 36.2 Å². The van der Waals surface area contributed by atoms with Crippen LogP contribution in [-0.4, -0.2) is 118 Å². The highest BCUT2D eigenvalue weighted by atomic mass is 16.7. The first-order valence-electron chi connectivity index (χ1n) is 37.3. The van der Waals surface area contributed by atoms with Gasteiger partial charge in [-0.2, -0.15) is 0 Å². The van der Waals surface area contributed by atoms with Crippen LogP contribution in [0.15, 0.2) is 140 Å². The third-order valence-electron chi connectivity index (χ3n) is 22.5.